The van der Waals surface area contributed by atoms with Gasteiger partial charge in [0.05, 0.1) is 26.0 Å². The normalized spacial score (nSPS) is 22.2. The fraction of sp³-hybridized carbons (Fsp3) is 0.688. The molecule has 3 rings (SSSR count). The zero-order valence-electron chi connectivity index (χ0n) is 13.4. The lowest BCUT2D eigenvalue weighted by molar-refractivity contribution is -0.137. The van der Waals surface area contributed by atoms with Crippen LogP contribution in [0.5, 0.6) is 0 Å². The summed E-state index contributed by atoms with van der Waals surface area (Å²) in [5.41, 5.74) is 0. The van der Waals surface area contributed by atoms with Gasteiger partial charge in [-0.3, -0.25) is 14.6 Å². The van der Waals surface area contributed by atoms with Crippen molar-refractivity contribution < 1.29 is 19.1 Å². The summed E-state index contributed by atoms with van der Waals surface area (Å²) in [6.45, 7) is 7.15. The Kier molecular flexibility index (Phi) is 5.66. The Bertz CT molecular complexity index is 480. The average Bonchev–Trinajstić information content (AvgIpc) is 3.12. The fourth-order valence-electron chi connectivity index (χ4n) is 3.05. The van der Waals surface area contributed by atoms with E-state index in [9.17, 15) is 9.90 Å². The molecule has 2 saturated heterocycles. The Morgan fingerprint density at radius 2 is 1.83 bits per heavy atom. The van der Waals surface area contributed by atoms with Gasteiger partial charge in [0.1, 0.15) is 11.9 Å². The Labute approximate surface area is 136 Å². The second-order valence-corrected chi connectivity index (χ2v) is 6.10. The van der Waals surface area contributed by atoms with Gasteiger partial charge in [-0.2, -0.15) is 0 Å². The first kappa shape index (κ1) is 16.4. The highest BCUT2D eigenvalue weighted by Gasteiger charge is 2.24. The lowest BCUT2D eigenvalue weighted by atomic mass is 10.2. The predicted octanol–water partition coefficient (Wildman–Crippen LogP) is -0.211. The van der Waals surface area contributed by atoms with Gasteiger partial charge < -0.3 is 19.2 Å². The first-order chi connectivity index (χ1) is 11.2. The number of nitrogens with zero attached hydrogens (tertiary/aromatic N) is 3. The maximum atomic E-state index is 12.2. The second kappa shape index (κ2) is 7.92. The molecule has 1 atom stereocenters. The highest BCUT2D eigenvalue weighted by molar-refractivity contribution is 5.78. The van der Waals surface area contributed by atoms with Gasteiger partial charge in [0, 0.05) is 45.8 Å². The van der Waals surface area contributed by atoms with Gasteiger partial charge in [-0.1, -0.05) is 0 Å². The van der Waals surface area contributed by atoms with Crippen LogP contribution in [0.15, 0.2) is 22.8 Å². The fourth-order valence-corrected chi connectivity index (χ4v) is 3.05. The molecule has 0 saturated carbocycles. The molecule has 128 valence electrons. The molecule has 1 amide bonds. The molecule has 0 aliphatic carbocycles. The number of hydrogen-bond acceptors (Lipinski definition) is 6. The van der Waals surface area contributed by atoms with Crippen LogP contribution in [0.25, 0.3) is 0 Å². The first-order valence-electron chi connectivity index (χ1n) is 8.24. The summed E-state index contributed by atoms with van der Waals surface area (Å²) in [7, 11) is 0. The number of hydrogen-bond donors (Lipinski definition) is 1. The van der Waals surface area contributed by atoms with Crippen LogP contribution in [0.2, 0.25) is 0 Å². The molecule has 7 nitrogen and oxygen atoms in total. The minimum absolute atomic E-state index is 0.192. The average molecular weight is 323 g/mol. The Hall–Kier alpha value is -1.41. The molecule has 2 fully saturated rings. The topological polar surface area (TPSA) is 69.4 Å². The highest BCUT2D eigenvalue weighted by atomic mass is 16.5. The number of amides is 1. The highest BCUT2D eigenvalue weighted by Crippen LogP contribution is 2.15. The summed E-state index contributed by atoms with van der Waals surface area (Å²) >= 11 is 0. The van der Waals surface area contributed by atoms with Crippen LogP contribution in [-0.2, 0) is 9.53 Å². The lowest BCUT2D eigenvalue weighted by Gasteiger charge is -2.36. The number of aliphatic hydroxyl groups is 1. The summed E-state index contributed by atoms with van der Waals surface area (Å²) < 4.78 is 10.5. The lowest BCUT2D eigenvalue weighted by Crippen LogP contribution is -2.52. The number of carbonyl (C=O) groups is 1. The molecule has 23 heavy (non-hydrogen) atoms. The van der Waals surface area contributed by atoms with E-state index in [0.29, 0.717) is 45.2 Å². The maximum absolute atomic E-state index is 12.2. The van der Waals surface area contributed by atoms with Crippen molar-refractivity contribution in [1.82, 2.24) is 14.7 Å². The number of rotatable bonds is 5. The molecule has 3 heterocycles. The Morgan fingerprint density at radius 3 is 2.48 bits per heavy atom. The number of aliphatic hydroxyl groups excluding tert-OH is 1. The maximum Gasteiger partial charge on any atom is 0.236 e. The SMILES string of the molecule is O=C(CN1CCN(C[C@@H](O)c2ccco2)CC1)N1CCOCC1. The molecule has 0 aromatic carbocycles. The Morgan fingerprint density at radius 1 is 1.13 bits per heavy atom. The van der Waals surface area contributed by atoms with Gasteiger partial charge in [0.25, 0.3) is 0 Å². The van der Waals surface area contributed by atoms with Crippen LogP contribution >= 0.6 is 0 Å². The number of piperazine rings is 1. The van der Waals surface area contributed by atoms with Crippen LogP contribution in [0.1, 0.15) is 11.9 Å². The smallest absolute Gasteiger partial charge is 0.236 e. The van der Waals surface area contributed by atoms with Crippen LogP contribution in [0.3, 0.4) is 0 Å². The molecule has 7 heteroatoms. The number of morpholine rings is 1. The third kappa shape index (κ3) is 4.54. The quantitative estimate of drug-likeness (QED) is 0.809. The summed E-state index contributed by atoms with van der Waals surface area (Å²) in [5.74, 6) is 0.798. The molecule has 2 aliphatic rings. The number of ether oxygens (including phenoxy) is 1. The van der Waals surface area contributed by atoms with Gasteiger partial charge in [0.15, 0.2) is 0 Å². The molecule has 0 spiro atoms. The van der Waals surface area contributed by atoms with Crippen molar-refractivity contribution in [2.75, 3.05) is 65.6 Å². The first-order valence-corrected chi connectivity index (χ1v) is 8.24. The van der Waals surface area contributed by atoms with E-state index in [-0.39, 0.29) is 5.91 Å². The van der Waals surface area contributed by atoms with Gasteiger partial charge in [-0.05, 0) is 12.1 Å². The molecule has 1 N–H and O–H groups in total. The van der Waals surface area contributed by atoms with Gasteiger partial charge in [-0.15, -0.1) is 0 Å². The minimum atomic E-state index is -0.591. The zero-order chi connectivity index (χ0) is 16.1. The Balaban J connectivity index is 1.39. The second-order valence-electron chi connectivity index (χ2n) is 6.10. The van der Waals surface area contributed by atoms with Gasteiger partial charge in [-0.25, -0.2) is 0 Å². The largest absolute Gasteiger partial charge is 0.467 e. The van der Waals surface area contributed by atoms with Crippen molar-refractivity contribution in [3.63, 3.8) is 0 Å². The zero-order valence-corrected chi connectivity index (χ0v) is 13.4. The van der Waals surface area contributed by atoms with Crippen LogP contribution in [0, 0.1) is 0 Å². The number of β-amino-alcohol motifs (C(OH)–C–C–N with tert-alkyl or cyclic N) is 1. The standard InChI is InChI=1S/C16H25N3O4/c20-14(15-2-1-9-23-15)12-17-3-5-18(6-4-17)13-16(21)19-7-10-22-11-8-19/h1-2,9,14,20H,3-8,10-13H2/t14-/m1/s1. The van der Waals surface area contributed by atoms with Gasteiger partial charge >= 0.3 is 0 Å². The van der Waals surface area contributed by atoms with E-state index in [4.69, 9.17) is 9.15 Å². The van der Waals surface area contributed by atoms with E-state index in [2.05, 4.69) is 9.80 Å². The molecular formula is C16H25N3O4. The molecular weight excluding hydrogens is 298 g/mol. The van der Waals surface area contributed by atoms with Gasteiger partial charge in [0.2, 0.25) is 5.91 Å². The summed E-state index contributed by atoms with van der Waals surface area (Å²) in [4.78, 5) is 18.5. The molecule has 1 aromatic heterocycles. The summed E-state index contributed by atoms with van der Waals surface area (Å²) in [5, 5.41) is 10.1. The van der Waals surface area contributed by atoms with Crippen molar-refractivity contribution >= 4 is 5.91 Å². The van der Waals surface area contributed by atoms with Crippen molar-refractivity contribution in [1.29, 1.82) is 0 Å². The van der Waals surface area contributed by atoms with E-state index in [0.717, 1.165) is 26.2 Å². The third-order valence-electron chi connectivity index (χ3n) is 4.49. The van der Waals surface area contributed by atoms with Crippen molar-refractivity contribution in [2.24, 2.45) is 0 Å². The van der Waals surface area contributed by atoms with Crippen molar-refractivity contribution in [3.05, 3.63) is 24.2 Å². The molecule has 0 radical (unpaired) electrons. The van der Waals surface area contributed by atoms with E-state index in [1.165, 1.54) is 0 Å². The van der Waals surface area contributed by atoms with Crippen LogP contribution < -0.4 is 0 Å². The third-order valence-corrected chi connectivity index (χ3v) is 4.49. The molecule has 2 aliphatic heterocycles. The van der Waals surface area contributed by atoms with E-state index < -0.39 is 6.10 Å². The molecule has 0 unspecified atom stereocenters. The van der Waals surface area contributed by atoms with E-state index >= 15 is 0 Å². The summed E-state index contributed by atoms with van der Waals surface area (Å²) in [6.07, 6.45) is 0.986. The number of furan rings is 1. The van der Waals surface area contributed by atoms with E-state index in [1.54, 1.807) is 18.4 Å². The molecule has 1 aromatic rings. The van der Waals surface area contributed by atoms with Crippen molar-refractivity contribution in [3.8, 4) is 0 Å². The minimum Gasteiger partial charge on any atom is -0.467 e. The predicted molar refractivity (Wildman–Crippen MR) is 83.9 cm³/mol. The number of carbonyl (C=O) groups excluding carboxylic acids is 1. The van der Waals surface area contributed by atoms with Crippen LogP contribution in [-0.4, -0.2) is 91.3 Å². The van der Waals surface area contributed by atoms with Crippen molar-refractivity contribution in [2.45, 2.75) is 6.10 Å². The molecule has 0 bridgehead atoms. The monoisotopic (exact) mass is 323 g/mol. The summed E-state index contributed by atoms with van der Waals surface area (Å²) in [6, 6.07) is 3.58. The van der Waals surface area contributed by atoms with Crippen LogP contribution in [0.4, 0.5) is 0 Å². The van der Waals surface area contributed by atoms with E-state index in [1.807, 2.05) is 4.90 Å².